The van der Waals surface area contributed by atoms with Crippen LogP contribution in [-0.4, -0.2) is 39.5 Å². The molecule has 3 aromatic rings. The normalized spacial score (nSPS) is 10.9. The minimum atomic E-state index is -0.0674. The lowest BCUT2D eigenvalue weighted by Gasteiger charge is -2.21. The Kier molecular flexibility index (Phi) is 7.35. The lowest BCUT2D eigenvalue weighted by molar-refractivity contribution is -0.118. The predicted octanol–water partition coefficient (Wildman–Crippen LogP) is 3.81. The number of carbonyl (C=O) groups is 1. The molecular formula is C21H27N5O2S. The molecule has 29 heavy (non-hydrogen) atoms. The summed E-state index contributed by atoms with van der Waals surface area (Å²) in [6.07, 6.45) is 1.59. The van der Waals surface area contributed by atoms with Gasteiger partial charge in [-0.15, -0.1) is 10.2 Å². The van der Waals surface area contributed by atoms with Gasteiger partial charge in [0.1, 0.15) is 5.76 Å². The van der Waals surface area contributed by atoms with Gasteiger partial charge in [-0.3, -0.25) is 4.79 Å². The third kappa shape index (κ3) is 5.20. The third-order valence-corrected chi connectivity index (χ3v) is 5.63. The Bertz CT molecular complexity index is 902. The molecule has 0 aliphatic carbocycles. The van der Waals surface area contributed by atoms with Crippen molar-refractivity contribution < 1.29 is 9.21 Å². The molecule has 0 bridgehead atoms. The second-order valence-electron chi connectivity index (χ2n) is 6.41. The summed E-state index contributed by atoms with van der Waals surface area (Å²) in [5.74, 6) is 1.76. The van der Waals surface area contributed by atoms with Crippen LogP contribution in [0.1, 0.15) is 26.5 Å². The molecule has 0 aliphatic rings. The zero-order valence-electron chi connectivity index (χ0n) is 17.1. The zero-order valence-corrected chi connectivity index (χ0v) is 17.9. The molecule has 2 heterocycles. The number of hydrogen-bond acceptors (Lipinski definition) is 6. The molecule has 154 valence electrons. The van der Waals surface area contributed by atoms with Crippen LogP contribution in [0.25, 0.3) is 11.4 Å². The Morgan fingerprint density at radius 2 is 1.90 bits per heavy atom. The van der Waals surface area contributed by atoms with Crippen LogP contribution in [-0.2, 0) is 17.9 Å². The highest BCUT2D eigenvalue weighted by Gasteiger charge is 2.15. The largest absolute Gasteiger partial charge is 0.467 e. The van der Waals surface area contributed by atoms with E-state index in [-0.39, 0.29) is 11.7 Å². The van der Waals surface area contributed by atoms with Crippen molar-refractivity contribution >= 4 is 23.4 Å². The van der Waals surface area contributed by atoms with E-state index in [1.165, 1.54) is 17.4 Å². The van der Waals surface area contributed by atoms with Gasteiger partial charge in [0.25, 0.3) is 0 Å². The minimum Gasteiger partial charge on any atom is -0.467 e. The molecule has 1 N–H and O–H groups in total. The van der Waals surface area contributed by atoms with Crippen molar-refractivity contribution in [1.82, 2.24) is 20.1 Å². The first-order valence-corrected chi connectivity index (χ1v) is 10.8. The van der Waals surface area contributed by atoms with Crippen LogP contribution in [0.15, 0.2) is 52.2 Å². The van der Waals surface area contributed by atoms with Crippen LogP contribution in [0.5, 0.6) is 0 Å². The molecule has 0 atom stereocenters. The number of nitrogens with zero attached hydrogens (tertiary/aromatic N) is 4. The highest BCUT2D eigenvalue weighted by Crippen LogP contribution is 2.26. The molecule has 0 unspecified atom stereocenters. The van der Waals surface area contributed by atoms with Gasteiger partial charge in [0.2, 0.25) is 5.91 Å². The number of hydrogen-bond donors (Lipinski definition) is 1. The average Bonchev–Trinajstić information content (AvgIpc) is 3.41. The zero-order chi connectivity index (χ0) is 20.6. The monoisotopic (exact) mass is 413 g/mol. The molecule has 8 heteroatoms. The van der Waals surface area contributed by atoms with Gasteiger partial charge in [-0.05, 0) is 57.2 Å². The van der Waals surface area contributed by atoms with E-state index < -0.39 is 0 Å². The fraction of sp³-hybridized carbons (Fsp3) is 0.381. The summed E-state index contributed by atoms with van der Waals surface area (Å²) >= 11 is 1.39. The van der Waals surface area contributed by atoms with Gasteiger partial charge in [0.05, 0.1) is 18.6 Å². The molecule has 1 aromatic carbocycles. The average molecular weight is 414 g/mol. The third-order valence-electron chi connectivity index (χ3n) is 4.66. The van der Waals surface area contributed by atoms with Gasteiger partial charge in [-0.1, -0.05) is 11.8 Å². The van der Waals surface area contributed by atoms with Crippen LogP contribution in [0.2, 0.25) is 0 Å². The van der Waals surface area contributed by atoms with E-state index in [2.05, 4.69) is 65.5 Å². The Morgan fingerprint density at radius 3 is 2.52 bits per heavy atom. The summed E-state index contributed by atoms with van der Waals surface area (Å²) in [6, 6.07) is 12.0. The van der Waals surface area contributed by atoms with E-state index in [9.17, 15) is 4.79 Å². The number of rotatable bonds is 10. The maximum Gasteiger partial charge on any atom is 0.230 e. The lowest BCUT2D eigenvalue weighted by atomic mass is 10.2. The predicted molar refractivity (Wildman–Crippen MR) is 116 cm³/mol. The van der Waals surface area contributed by atoms with Gasteiger partial charge in [-0.2, -0.15) is 0 Å². The number of anilines is 1. The summed E-state index contributed by atoms with van der Waals surface area (Å²) < 4.78 is 7.26. The topological polar surface area (TPSA) is 76.2 Å². The fourth-order valence-corrected chi connectivity index (χ4v) is 3.92. The Balaban J connectivity index is 1.64. The number of furan rings is 1. The van der Waals surface area contributed by atoms with Gasteiger partial charge in [0.15, 0.2) is 11.0 Å². The van der Waals surface area contributed by atoms with Gasteiger partial charge >= 0.3 is 0 Å². The molecule has 7 nitrogen and oxygen atoms in total. The van der Waals surface area contributed by atoms with Gasteiger partial charge < -0.3 is 19.2 Å². The summed E-state index contributed by atoms with van der Waals surface area (Å²) in [5, 5.41) is 12.3. The van der Waals surface area contributed by atoms with Crippen molar-refractivity contribution in [2.75, 3.05) is 23.7 Å². The van der Waals surface area contributed by atoms with E-state index >= 15 is 0 Å². The molecule has 1 amide bonds. The second-order valence-corrected chi connectivity index (χ2v) is 7.36. The molecular weight excluding hydrogens is 386 g/mol. The number of benzene rings is 1. The molecule has 0 radical (unpaired) electrons. The van der Waals surface area contributed by atoms with Crippen LogP contribution in [0.4, 0.5) is 5.69 Å². The summed E-state index contributed by atoms with van der Waals surface area (Å²) in [6.45, 7) is 9.43. The highest BCUT2D eigenvalue weighted by molar-refractivity contribution is 7.99. The van der Waals surface area contributed by atoms with E-state index in [0.717, 1.165) is 41.9 Å². The summed E-state index contributed by atoms with van der Waals surface area (Å²) in [7, 11) is 0. The first-order valence-electron chi connectivity index (χ1n) is 9.86. The maximum atomic E-state index is 12.1. The van der Waals surface area contributed by atoms with E-state index in [4.69, 9.17) is 4.42 Å². The highest BCUT2D eigenvalue weighted by atomic mass is 32.2. The summed E-state index contributed by atoms with van der Waals surface area (Å²) in [5.41, 5.74) is 2.22. The standard InChI is InChI=1S/C21H27N5O2S/c1-4-25(5-2)17-11-9-16(10-12-17)20-23-24-21(26(20)6-3)29-15-19(27)22-14-18-8-7-13-28-18/h7-13H,4-6,14-15H2,1-3H3,(H,22,27). The molecule has 0 fully saturated rings. The van der Waals surface area contributed by atoms with Crippen molar-refractivity contribution in [3.8, 4) is 11.4 Å². The number of nitrogens with one attached hydrogen (secondary N) is 1. The van der Waals surface area contributed by atoms with Crippen molar-refractivity contribution in [1.29, 1.82) is 0 Å². The fourth-order valence-electron chi connectivity index (χ4n) is 3.08. The maximum absolute atomic E-state index is 12.1. The smallest absolute Gasteiger partial charge is 0.230 e. The van der Waals surface area contributed by atoms with Gasteiger partial charge in [-0.25, -0.2) is 0 Å². The van der Waals surface area contributed by atoms with Crippen molar-refractivity contribution in [3.63, 3.8) is 0 Å². The molecule has 3 rings (SSSR count). The Hall–Kier alpha value is -2.74. The van der Waals surface area contributed by atoms with Gasteiger partial charge in [0, 0.05) is 30.9 Å². The van der Waals surface area contributed by atoms with Crippen LogP contribution < -0.4 is 10.2 Å². The molecule has 0 spiro atoms. The minimum absolute atomic E-state index is 0.0674. The lowest BCUT2D eigenvalue weighted by Crippen LogP contribution is -2.24. The van der Waals surface area contributed by atoms with Crippen molar-refractivity contribution in [3.05, 3.63) is 48.4 Å². The number of amides is 1. The molecule has 0 aliphatic heterocycles. The van der Waals surface area contributed by atoms with E-state index in [1.54, 1.807) is 12.3 Å². The Morgan fingerprint density at radius 1 is 1.14 bits per heavy atom. The SMILES string of the molecule is CCN(CC)c1ccc(-c2nnc(SCC(=O)NCc3ccco3)n2CC)cc1. The molecule has 0 saturated heterocycles. The second kappa shape index (κ2) is 10.2. The molecule has 0 saturated carbocycles. The van der Waals surface area contributed by atoms with E-state index in [1.807, 2.05) is 10.6 Å². The van der Waals surface area contributed by atoms with Crippen molar-refractivity contribution in [2.24, 2.45) is 0 Å². The number of carbonyl (C=O) groups excluding carboxylic acids is 1. The first-order chi connectivity index (χ1) is 14.2. The van der Waals surface area contributed by atoms with Crippen LogP contribution in [0.3, 0.4) is 0 Å². The first kappa shape index (κ1) is 21.0. The molecule has 2 aromatic heterocycles. The van der Waals surface area contributed by atoms with Crippen LogP contribution in [0, 0.1) is 0 Å². The Labute approximate surface area is 175 Å². The van der Waals surface area contributed by atoms with Crippen molar-refractivity contribution in [2.45, 2.75) is 39.0 Å². The quantitative estimate of drug-likeness (QED) is 0.509. The number of thioether (sulfide) groups is 1. The van der Waals surface area contributed by atoms with E-state index in [0.29, 0.717) is 6.54 Å². The van der Waals surface area contributed by atoms with Crippen LogP contribution >= 0.6 is 11.8 Å². The summed E-state index contributed by atoms with van der Waals surface area (Å²) in [4.78, 5) is 14.4. The number of aromatic nitrogens is 3.